The normalized spacial score (nSPS) is 11.3. The quantitative estimate of drug-likeness (QED) is 0.722. The Bertz CT molecular complexity index is 1010. The Morgan fingerprint density at radius 2 is 1.75 bits per heavy atom. The second kappa shape index (κ2) is 8.36. The van der Waals surface area contributed by atoms with Crippen molar-refractivity contribution in [3.05, 3.63) is 59.4 Å². The topological polar surface area (TPSA) is 113 Å². The van der Waals surface area contributed by atoms with Crippen molar-refractivity contribution in [2.45, 2.75) is 6.92 Å². The molecule has 0 fully saturated rings. The van der Waals surface area contributed by atoms with E-state index in [1.807, 2.05) is 0 Å². The number of amides is 2. The van der Waals surface area contributed by atoms with Crippen LogP contribution in [0.5, 0.6) is 0 Å². The van der Waals surface area contributed by atoms with Crippen molar-refractivity contribution in [3.63, 3.8) is 0 Å². The summed E-state index contributed by atoms with van der Waals surface area (Å²) >= 11 is 0. The number of hydrogen-bond acceptors (Lipinski definition) is 4. The minimum Gasteiger partial charge on any atom is -0.366 e. The van der Waals surface area contributed by atoms with Gasteiger partial charge in [0.15, 0.2) is 0 Å². The molecular formula is C18H21FN4O4S. The first-order valence-electron chi connectivity index (χ1n) is 8.19. The van der Waals surface area contributed by atoms with Crippen LogP contribution in [0.1, 0.15) is 15.9 Å². The van der Waals surface area contributed by atoms with Crippen LogP contribution >= 0.6 is 0 Å². The summed E-state index contributed by atoms with van der Waals surface area (Å²) in [4.78, 5) is 24.0. The number of nitrogens with zero attached hydrogens (tertiary/aromatic N) is 2. The van der Waals surface area contributed by atoms with Gasteiger partial charge in [0.1, 0.15) is 12.4 Å². The maximum absolute atomic E-state index is 14.2. The third-order valence-electron chi connectivity index (χ3n) is 4.02. The SMILES string of the molecule is Cc1c(NC(=O)CN(c2ccccc2F)S(=O)(=O)N(C)C)cccc1C(N)=O. The zero-order valence-corrected chi connectivity index (χ0v) is 16.5. The van der Waals surface area contributed by atoms with Gasteiger partial charge in [0.2, 0.25) is 11.8 Å². The summed E-state index contributed by atoms with van der Waals surface area (Å²) in [6, 6.07) is 9.85. The molecule has 2 rings (SSSR count). The average molecular weight is 408 g/mol. The van der Waals surface area contributed by atoms with Crippen molar-refractivity contribution in [2.24, 2.45) is 5.73 Å². The third-order valence-corrected chi connectivity index (χ3v) is 5.83. The first-order valence-corrected chi connectivity index (χ1v) is 9.59. The lowest BCUT2D eigenvalue weighted by atomic mass is 10.1. The molecule has 0 saturated carbocycles. The molecule has 150 valence electrons. The Kier molecular flexibility index (Phi) is 6.37. The highest BCUT2D eigenvalue weighted by Gasteiger charge is 2.29. The van der Waals surface area contributed by atoms with Gasteiger partial charge in [-0.2, -0.15) is 12.7 Å². The molecule has 0 heterocycles. The smallest absolute Gasteiger partial charge is 0.304 e. The molecular weight excluding hydrogens is 387 g/mol. The van der Waals surface area contributed by atoms with Gasteiger partial charge in [-0.15, -0.1) is 0 Å². The molecule has 10 heteroatoms. The number of carbonyl (C=O) groups excluding carboxylic acids is 2. The number of hydrogen-bond donors (Lipinski definition) is 2. The first-order chi connectivity index (χ1) is 13.1. The predicted octanol–water partition coefficient (Wildman–Crippen LogP) is 1.48. The minimum absolute atomic E-state index is 0.227. The fraction of sp³-hybridized carbons (Fsp3) is 0.222. The minimum atomic E-state index is -4.14. The Balaban J connectivity index is 2.36. The van der Waals surface area contributed by atoms with E-state index in [1.165, 1.54) is 44.4 Å². The number of benzene rings is 2. The van der Waals surface area contributed by atoms with E-state index < -0.39 is 34.4 Å². The van der Waals surface area contributed by atoms with E-state index in [2.05, 4.69) is 5.32 Å². The molecule has 2 amide bonds. The van der Waals surface area contributed by atoms with Crippen LogP contribution in [0, 0.1) is 12.7 Å². The molecule has 0 saturated heterocycles. The molecule has 0 aromatic heterocycles. The van der Waals surface area contributed by atoms with E-state index in [9.17, 15) is 22.4 Å². The van der Waals surface area contributed by atoms with Gasteiger partial charge in [-0.1, -0.05) is 18.2 Å². The van der Waals surface area contributed by atoms with E-state index in [1.54, 1.807) is 13.0 Å². The monoisotopic (exact) mass is 408 g/mol. The van der Waals surface area contributed by atoms with E-state index in [0.717, 1.165) is 10.4 Å². The molecule has 2 aromatic rings. The molecule has 28 heavy (non-hydrogen) atoms. The van der Waals surface area contributed by atoms with Crippen molar-refractivity contribution >= 4 is 33.4 Å². The first kappa shape index (κ1) is 21.3. The number of nitrogens with one attached hydrogen (secondary N) is 1. The van der Waals surface area contributed by atoms with Gasteiger partial charge in [-0.3, -0.25) is 9.59 Å². The van der Waals surface area contributed by atoms with Gasteiger partial charge >= 0.3 is 10.2 Å². The number of para-hydroxylation sites is 1. The highest BCUT2D eigenvalue weighted by Crippen LogP contribution is 2.24. The summed E-state index contributed by atoms with van der Waals surface area (Å²) in [5.74, 6) is -2.15. The lowest BCUT2D eigenvalue weighted by molar-refractivity contribution is -0.114. The summed E-state index contributed by atoms with van der Waals surface area (Å²) < 4.78 is 41.0. The Morgan fingerprint density at radius 1 is 1.11 bits per heavy atom. The molecule has 0 radical (unpaired) electrons. The summed E-state index contributed by atoms with van der Waals surface area (Å²) in [5.41, 5.74) is 6.01. The van der Waals surface area contributed by atoms with Crippen molar-refractivity contribution in [2.75, 3.05) is 30.3 Å². The van der Waals surface area contributed by atoms with Crippen LogP contribution in [-0.4, -0.2) is 45.2 Å². The van der Waals surface area contributed by atoms with Gasteiger partial charge in [0.05, 0.1) is 5.69 Å². The third kappa shape index (κ3) is 4.46. The second-order valence-corrected chi connectivity index (χ2v) is 8.21. The van der Waals surface area contributed by atoms with Crippen LogP contribution in [0.15, 0.2) is 42.5 Å². The van der Waals surface area contributed by atoms with Crippen molar-refractivity contribution < 1.29 is 22.4 Å². The zero-order chi connectivity index (χ0) is 21.1. The number of primary amides is 1. The molecule has 8 nitrogen and oxygen atoms in total. The number of carbonyl (C=O) groups is 2. The summed E-state index contributed by atoms with van der Waals surface area (Å²) in [6.07, 6.45) is 0. The van der Waals surface area contributed by atoms with Gasteiger partial charge < -0.3 is 11.1 Å². The molecule has 2 aromatic carbocycles. The standard InChI is InChI=1S/C18H21FN4O4S/c1-12-13(18(20)25)7-6-9-15(12)21-17(24)11-23(28(26,27)22(2)3)16-10-5-4-8-14(16)19/h4-10H,11H2,1-3H3,(H2,20,25)(H,21,24). The van der Waals surface area contributed by atoms with Crippen LogP contribution in [0.4, 0.5) is 15.8 Å². The van der Waals surface area contributed by atoms with Crippen LogP contribution in [-0.2, 0) is 15.0 Å². The highest BCUT2D eigenvalue weighted by atomic mass is 32.2. The average Bonchev–Trinajstić information content (AvgIpc) is 2.61. The molecule has 0 spiro atoms. The summed E-state index contributed by atoms with van der Waals surface area (Å²) in [6.45, 7) is 0.933. The maximum Gasteiger partial charge on any atom is 0.304 e. The maximum atomic E-state index is 14.2. The van der Waals surface area contributed by atoms with E-state index in [-0.39, 0.29) is 11.3 Å². The zero-order valence-electron chi connectivity index (χ0n) is 15.6. The fourth-order valence-electron chi connectivity index (χ4n) is 2.50. The molecule has 0 aliphatic rings. The number of anilines is 2. The molecule has 0 aliphatic carbocycles. The number of rotatable bonds is 7. The van der Waals surface area contributed by atoms with Gasteiger partial charge in [0.25, 0.3) is 0 Å². The number of nitrogens with two attached hydrogens (primary N) is 1. The fourth-order valence-corrected chi connectivity index (χ4v) is 3.57. The predicted molar refractivity (Wildman–Crippen MR) is 105 cm³/mol. The van der Waals surface area contributed by atoms with Gasteiger partial charge in [-0.05, 0) is 36.8 Å². The highest BCUT2D eigenvalue weighted by molar-refractivity contribution is 7.90. The number of halogens is 1. The molecule has 3 N–H and O–H groups in total. The van der Waals surface area contributed by atoms with Crippen LogP contribution in [0.3, 0.4) is 0 Å². The van der Waals surface area contributed by atoms with E-state index >= 15 is 0 Å². The molecule has 0 bridgehead atoms. The molecule has 0 unspecified atom stereocenters. The van der Waals surface area contributed by atoms with Crippen LogP contribution < -0.4 is 15.4 Å². The molecule has 0 aliphatic heterocycles. The lowest BCUT2D eigenvalue weighted by Gasteiger charge is -2.27. The van der Waals surface area contributed by atoms with Crippen molar-refractivity contribution in [3.8, 4) is 0 Å². The second-order valence-electron chi connectivity index (χ2n) is 6.14. The van der Waals surface area contributed by atoms with E-state index in [4.69, 9.17) is 5.73 Å². The Labute approximate surface area is 162 Å². The van der Waals surface area contributed by atoms with Gasteiger partial charge in [-0.25, -0.2) is 8.70 Å². The van der Waals surface area contributed by atoms with Gasteiger partial charge in [0, 0.05) is 25.3 Å². The van der Waals surface area contributed by atoms with Crippen molar-refractivity contribution in [1.82, 2.24) is 4.31 Å². The summed E-state index contributed by atoms with van der Waals surface area (Å²) in [5, 5.41) is 2.54. The molecule has 0 atom stereocenters. The largest absolute Gasteiger partial charge is 0.366 e. The van der Waals surface area contributed by atoms with Crippen molar-refractivity contribution in [1.29, 1.82) is 0 Å². The summed E-state index contributed by atoms with van der Waals surface area (Å²) in [7, 11) is -1.58. The van der Waals surface area contributed by atoms with Crippen LogP contribution in [0.25, 0.3) is 0 Å². The van der Waals surface area contributed by atoms with Crippen LogP contribution in [0.2, 0.25) is 0 Å². The van der Waals surface area contributed by atoms with E-state index in [0.29, 0.717) is 15.6 Å². The Hall–Kier alpha value is -2.98. The lowest BCUT2D eigenvalue weighted by Crippen LogP contribution is -2.44. The Morgan fingerprint density at radius 3 is 2.32 bits per heavy atom.